The molecule has 1 amide bonds. The first-order valence-electron chi connectivity index (χ1n) is 5.29. The van der Waals surface area contributed by atoms with Crippen LogP contribution < -0.4 is 5.32 Å². The van der Waals surface area contributed by atoms with Gasteiger partial charge < -0.3 is 5.32 Å². The Morgan fingerprint density at radius 1 is 0.950 bits per heavy atom. The van der Waals surface area contributed by atoms with Crippen molar-refractivity contribution < 1.29 is 13.6 Å². The molecule has 0 saturated carbocycles. The van der Waals surface area contributed by atoms with E-state index in [1.54, 1.807) is 6.07 Å². The van der Waals surface area contributed by atoms with Crippen molar-refractivity contribution in [2.75, 3.05) is 5.32 Å². The fraction of sp³-hybridized carbons (Fsp3) is 0. The molecule has 104 valence electrons. The molecule has 2 aromatic rings. The number of hydrogen-bond donors (Lipinski definition) is 1. The number of anilines is 1. The van der Waals surface area contributed by atoms with Gasteiger partial charge in [-0.15, -0.1) is 0 Å². The van der Waals surface area contributed by atoms with Gasteiger partial charge in [0, 0.05) is 5.02 Å². The number of benzene rings is 2. The largest absolute Gasteiger partial charge is 0.321 e. The van der Waals surface area contributed by atoms with Crippen LogP contribution in [0.1, 0.15) is 10.4 Å². The van der Waals surface area contributed by atoms with Gasteiger partial charge in [-0.3, -0.25) is 4.79 Å². The van der Waals surface area contributed by atoms with Crippen LogP contribution in [-0.2, 0) is 0 Å². The van der Waals surface area contributed by atoms with Crippen LogP contribution in [0.5, 0.6) is 0 Å². The van der Waals surface area contributed by atoms with Gasteiger partial charge in [0.25, 0.3) is 5.91 Å². The van der Waals surface area contributed by atoms with Gasteiger partial charge in [0.1, 0.15) is 0 Å². The monoisotopic (exact) mass is 335 g/mol. The molecule has 0 fully saturated rings. The second-order valence-electron chi connectivity index (χ2n) is 3.82. The molecule has 20 heavy (non-hydrogen) atoms. The van der Waals surface area contributed by atoms with Gasteiger partial charge >= 0.3 is 0 Å². The van der Waals surface area contributed by atoms with Gasteiger partial charge in [-0.05, 0) is 30.3 Å². The summed E-state index contributed by atoms with van der Waals surface area (Å²) in [5, 5.41) is 2.83. The summed E-state index contributed by atoms with van der Waals surface area (Å²) in [6, 6.07) is 5.91. The Morgan fingerprint density at radius 2 is 1.60 bits per heavy atom. The molecule has 0 saturated heterocycles. The standard InChI is InChI=1S/C13H6Cl3F2NO/c14-6-1-2-8(15)12(3-6)19-13(20)7-4-10(17)11(18)5-9(7)16/h1-5H,(H,19,20). The molecule has 0 heterocycles. The number of hydrogen-bond acceptors (Lipinski definition) is 1. The van der Waals surface area contributed by atoms with Crippen LogP contribution in [0.2, 0.25) is 15.1 Å². The Balaban J connectivity index is 2.33. The van der Waals surface area contributed by atoms with Gasteiger partial charge in [0.15, 0.2) is 11.6 Å². The molecule has 0 unspecified atom stereocenters. The summed E-state index contributed by atoms with van der Waals surface area (Å²) in [4.78, 5) is 12.0. The number of rotatable bonds is 2. The van der Waals surface area contributed by atoms with Gasteiger partial charge in [-0.2, -0.15) is 0 Å². The highest BCUT2D eigenvalue weighted by molar-refractivity contribution is 6.37. The zero-order valence-corrected chi connectivity index (χ0v) is 12.0. The molecule has 0 aliphatic heterocycles. The fourth-order valence-electron chi connectivity index (χ4n) is 1.48. The van der Waals surface area contributed by atoms with Crippen molar-refractivity contribution in [2.24, 2.45) is 0 Å². The molecule has 0 atom stereocenters. The first-order chi connectivity index (χ1) is 9.38. The highest BCUT2D eigenvalue weighted by atomic mass is 35.5. The van der Waals surface area contributed by atoms with Gasteiger partial charge in [-0.1, -0.05) is 34.8 Å². The van der Waals surface area contributed by atoms with Crippen LogP contribution in [0.15, 0.2) is 30.3 Å². The topological polar surface area (TPSA) is 29.1 Å². The van der Waals surface area contributed by atoms with E-state index in [1.807, 2.05) is 0 Å². The van der Waals surface area contributed by atoms with Gasteiger partial charge in [-0.25, -0.2) is 8.78 Å². The highest BCUT2D eigenvalue weighted by Gasteiger charge is 2.16. The van der Waals surface area contributed by atoms with E-state index in [9.17, 15) is 13.6 Å². The van der Waals surface area contributed by atoms with E-state index in [0.717, 1.165) is 6.07 Å². The predicted molar refractivity (Wildman–Crippen MR) is 75.8 cm³/mol. The van der Waals surface area contributed by atoms with Gasteiger partial charge in [0.05, 0.1) is 21.3 Å². The lowest BCUT2D eigenvalue weighted by Crippen LogP contribution is -2.13. The highest BCUT2D eigenvalue weighted by Crippen LogP contribution is 2.27. The Bertz CT molecular complexity index is 692. The summed E-state index contributed by atoms with van der Waals surface area (Å²) >= 11 is 17.4. The molecular weight excluding hydrogens is 331 g/mol. The van der Waals surface area contributed by atoms with Crippen molar-refractivity contribution in [3.8, 4) is 0 Å². The third-order valence-corrected chi connectivity index (χ3v) is 3.31. The average Bonchev–Trinajstić information content (AvgIpc) is 2.38. The Labute approximate surface area is 128 Å². The minimum atomic E-state index is -1.17. The lowest BCUT2D eigenvalue weighted by molar-refractivity contribution is 0.102. The SMILES string of the molecule is O=C(Nc1cc(Cl)ccc1Cl)c1cc(F)c(F)cc1Cl. The maximum atomic E-state index is 13.1. The summed E-state index contributed by atoms with van der Waals surface area (Å²) in [5.74, 6) is -3.03. The molecule has 0 aromatic heterocycles. The fourth-order valence-corrected chi connectivity index (χ4v) is 2.05. The van der Waals surface area contributed by atoms with E-state index >= 15 is 0 Å². The molecule has 0 radical (unpaired) electrons. The molecule has 2 aromatic carbocycles. The first-order valence-corrected chi connectivity index (χ1v) is 6.43. The minimum absolute atomic E-state index is 0.207. The summed E-state index contributed by atoms with van der Waals surface area (Å²) in [6.45, 7) is 0. The van der Waals surface area contributed by atoms with Crippen LogP contribution in [0.4, 0.5) is 14.5 Å². The summed E-state index contributed by atoms with van der Waals surface area (Å²) in [5.41, 5.74) is 0.0339. The number of nitrogens with one attached hydrogen (secondary N) is 1. The molecule has 0 aliphatic rings. The van der Waals surface area contributed by atoms with E-state index in [-0.39, 0.29) is 21.3 Å². The van der Waals surface area contributed by atoms with Crippen molar-refractivity contribution in [3.05, 3.63) is 62.6 Å². The Morgan fingerprint density at radius 3 is 2.30 bits per heavy atom. The molecule has 0 aliphatic carbocycles. The summed E-state index contributed by atoms with van der Waals surface area (Å²) in [7, 11) is 0. The van der Waals surface area contributed by atoms with Crippen molar-refractivity contribution in [1.82, 2.24) is 0 Å². The van der Waals surface area contributed by atoms with E-state index in [4.69, 9.17) is 34.8 Å². The van der Waals surface area contributed by atoms with E-state index < -0.39 is 17.5 Å². The molecule has 0 bridgehead atoms. The molecule has 0 spiro atoms. The first kappa shape index (κ1) is 15.0. The number of amides is 1. The van der Waals surface area contributed by atoms with Crippen LogP contribution in [0.25, 0.3) is 0 Å². The zero-order valence-electron chi connectivity index (χ0n) is 9.68. The maximum absolute atomic E-state index is 13.1. The van der Waals surface area contributed by atoms with Crippen LogP contribution in [0, 0.1) is 11.6 Å². The molecule has 7 heteroatoms. The van der Waals surface area contributed by atoms with Crippen LogP contribution >= 0.6 is 34.8 Å². The second kappa shape index (κ2) is 5.95. The molecule has 2 rings (SSSR count). The van der Waals surface area contributed by atoms with E-state index in [2.05, 4.69) is 5.32 Å². The quantitative estimate of drug-likeness (QED) is 0.752. The second-order valence-corrected chi connectivity index (χ2v) is 5.08. The zero-order chi connectivity index (χ0) is 14.9. The lowest BCUT2D eigenvalue weighted by Gasteiger charge is -2.09. The molecular formula is C13H6Cl3F2NO. The predicted octanol–water partition coefficient (Wildman–Crippen LogP) is 5.18. The maximum Gasteiger partial charge on any atom is 0.257 e. The normalized spacial score (nSPS) is 10.4. The van der Waals surface area contributed by atoms with Crippen molar-refractivity contribution >= 4 is 46.4 Å². The Kier molecular flexibility index (Phi) is 4.48. The van der Waals surface area contributed by atoms with Crippen LogP contribution in [-0.4, -0.2) is 5.91 Å². The minimum Gasteiger partial charge on any atom is -0.321 e. The van der Waals surface area contributed by atoms with Crippen molar-refractivity contribution in [2.45, 2.75) is 0 Å². The number of carbonyl (C=O) groups excluding carboxylic acids is 1. The van der Waals surface area contributed by atoms with Crippen molar-refractivity contribution in [3.63, 3.8) is 0 Å². The summed E-state index contributed by atoms with van der Waals surface area (Å²) < 4.78 is 26.1. The van der Waals surface area contributed by atoms with E-state index in [1.165, 1.54) is 12.1 Å². The van der Waals surface area contributed by atoms with Gasteiger partial charge in [0.2, 0.25) is 0 Å². The Hall–Kier alpha value is -1.36. The van der Waals surface area contributed by atoms with Crippen molar-refractivity contribution in [1.29, 1.82) is 0 Å². The number of halogens is 5. The lowest BCUT2D eigenvalue weighted by atomic mass is 10.2. The van der Waals surface area contributed by atoms with E-state index in [0.29, 0.717) is 11.1 Å². The molecule has 2 nitrogen and oxygen atoms in total. The van der Waals surface area contributed by atoms with Crippen LogP contribution in [0.3, 0.4) is 0 Å². The average molecular weight is 337 g/mol. The third-order valence-electron chi connectivity index (χ3n) is 2.43. The third kappa shape index (κ3) is 3.20. The number of carbonyl (C=O) groups is 1. The summed E-state index contributed by atoms with van der Waals surface area (Å²) in [6.07, 6.45) is 0. The smallest absolute Gasteiger partial charge is 0.257 e. The molecule has 1 N–H and O–H groups in total.